The van der Waals surface area contributed by atoms with Crippen LogP contribution in [0, 0.1) is 6.92 Å². The minimum Gasteiger partial charge on any atom is -0.278 e. The van der Waals surface area contributed by atoms with E-state index in [1.165, 1.54) is 5.56 Å². The first-order chi connectivity index (χ1) is 14.1. The lowest BCUT2D eigenvalue weighted by molar-refractivity contribution is 0.0975. The van der Waals surface area contributed by atoms with Crippen LogP contribution in [0.15, 0.2) is 48.8 Å². The van der Waals surface area contributed by atoms with Gasteiger partial charge in [0.15, 0.2) is 5.13 Å². The third kappa shape index (κ3) is 3.78. The van der Waals surface area contributed by atoms with Gasteiger partial charge >= 0.3 is 0 Å². The highest BCUT2D eigenvalue weighted by Gasteiger charge is 2.25. The topological polar surface area (TPSA) is 63.9 Å². The molecule has 4 aromatic rings. The number of rotatable bonds is 6. The summed E-state index contributed by atoms with van der Waals surface area (Å²) >= 11 is 1.54. The number of amides is 1. The van der Waals surface area contributed by atoms with Crippen LogP contribution in [0.25, 0.3) is 10.2 Å². The van der Waals surface area contributed by atoms with Crippen molar-refractivity contribution in [1.29, 1.82) is 0 Å². The van der Waals surface area contributed by atoms with Crippen LogP contribution in [0.3, 0.4) is 0 Å². The van der Waals surface area contributed by atoms with Gasteiger partial charge in [-0.05, 0) is 49.6 Å². The summed E-state index contributed by atoms with van der Waals surface area (Å²) in [6.07, 6.45) is 4.42. The third-order valence-electron chi connectivity index (χ3n) is 4.83. The molecule has 0 fully saturated rings. The van der Waals surface area contributed by atoms with Crippen LogP contribution >= 0.6 is 11.3 Å². The van der Waals surface area contributed by atoms with E-state index in [4.69, 9.17) is 4.98 Å². The summed E-state index contributed by atoms with van der Waals surface area (Å²) in [5.41, 5.74) is 4.51. The summed E-state index contributed by atoms with van der Waals surface area (Å²) in [5, 5.41) is 5.13. The molecule has 1 amide bonds. The molecule has 1 aromatic carbocycles. The average molecular weight is 406 g/mol. The first-order valence-electron chi connectivity index (χ1n) is 9.74. The number of fused-ring (bicyclic) bond motifs is 1. The van der Waals surface area contributed by atoms with Gasteiger partial charge in [0.25, 0.3) is 5.91 Å². The van der Waals surface area contributed by atoms with Gasteiger partial charge in [-0.15, -0.1) is 0 Å². The summed E-state index contributed by atoms with van der Waals surface area (Å²) in [4.78, 5) is 24.4. The van der Waals surface area contributed by atoms with Crippen molar-refractivity contribution in [2.24, 2.45) is 0 Å². The highest BCUT2D eigenvalue weighted by atomic mass is 32.1. The summed E-state index contributed by atoms with van der Waals surface area (Å²) in [6, 6.07) is 11.9. The lowest BCUT2D eigenvalue weighted by Gasteiger charge is -2.20. The number of anilines is 1. The number of carbonyl (C=O) groups is 1. The zero-order valence-electron chi connectivity index (χ0n) is 16.8. The van der Waals surface area contributed by atoms with Gasteiger partial charge in [0.2, 0.25) is 0 Å². The lowest BCUT2D eigenvalue weighted by Crippen LogP contribution is -2.32. The predicted molar refractivity (Wildman–Crippen MR) is 116 cm³/mol. The Hall–Kier alpha value is -3.06. The molecule has 0 unspecified atom stereocenters. The van der Waals surface area contributed by atoms with Crippen molar-refractivity contribution < 1.29 is 4.79 Å². The molecule has 0 aliphatic rings. The van der Waals surface area contributed by atoms with E-state index in [1.807, 2.05) is 38.1 Å². The van der Waals surface area contributed by atoms with Gasteiger partial charge < -0.3 is 0 Å². The van der Waals surface area contributed by atoms with Crippen molar-refractivity contribution in [3.8, 4) is 0 Å². The van der Waals surface area contributed by atoms with E-state index in [-0.39, 0.29) is 5.91 Å². The minimum absolute atomic E-state index is 0.103. The molecule has 3 heterocycles. The molecule has 0 saturated heterocycles. The zero-order chi connectivity index (χ0) is 20.4. The van der Waals surface area contributed by atoms with Crippen LogP contribution in [0.1, 0.15) is 41.2 Å². The van der Waals surface area contributed by atoms with Gasteiger partial charge in [0, 0.05) is 18.9 Å². The van der Waals surface area contributed by atoms with E-state index in [9.17, 15) is 4.79 Å². The SMILES string of the molecule is CCc1cccc2sc(N(Cc3cccnc3)C(=O)c3cc(C)nn3CC)nc12. The molecular formula is C22H23N5OS. The van der Waals surface area contributed by atoms with Gasteiger partial charge in [-0.3, -0.25) is 19.4 Å². The van der Waals surface area contributed by atoms with E-state index in [0.717, 1.165) is 27.9 Å². The molecule has 0 spiro atoms. The molecule has 0 radical (unpaired) electrons. The Kier molecular flexibility index (Phi) is 5.40. The largest absolute Gasteiger partial charge is 0.278 e. The van der Waals surface area contributed by atoms with Crippen molar-refractivity contribution in [1.82, 2.24) is 19.7 Å². The van der Waals surface area contributed by atoms with E-state index >= 15 is 0 Å². The number of thiazole rings is 1. The van der Waals surface area contributed by atoms with Crippen LogP contribution in [0.4, 0.5) is 5.13 Å². The molecular weight excluding hydrogens is 382 g/mol. The van der Waals surface area contributed by atoms with E-state index in [1.54, 1.807) is 33.3 Å². The average Bonchev–Trinajstić information content (AvgIpc) is 3.35. The quantitative estimate of drug-likeness (QED) is 0.469. The van der Waals surface area contributed by atoms with Crippen LogP contribution in [0.2, 0.25) is 0 Å². The van der Waals surface area contributed by atoms with Gasteiger partial charge in [-0.25, -0.2) is 4.98 Å². The standard InChI is InChI=1S/C22H23N5OS/c1-4-17-9-6-10-19-20(17)24-22(29-19)26(14-16-8-7-11-23-13-16)21(28)18-12-15(3)25-27(18)5-2/h6-13H,4-5,14H2,1-3H3. The minimum atomic E-state index is -0.103. The number of pyridine rings is 1. The van der Waals surface area contributed by atoms with Crippen LogP contribution in [-0.2, 0) is 19.5 Å². The number of para-hydroxylation sites is 1. The maximum atomic E-state index is 13.6. The van der Waals surface area contributed by atoms with Crippen molar-refractivity contribution in [3.05, 3.63) is 71.3 Å². The molecule has 0 bridgehead atoms. The normalized spacial score (nSPS) is 11.1. The van der Waals surface area contributed by atoms with Crippen molar-refractivity contribution >= 4 is 32.6 Å². The number of nitrogens with zero attached hydrogens (tertiary/aromatic N) is 5. The second-order valence-electron chi connectivity index (χ2n) is 6.85. The van der Waals surface area contributed by atoms with Crippen LogP contribution < -0.4 is 4.90 Å². The zero-order valence-corrected chi connectivity index (χ0v) is 17.6. The lowest BCUT2D eigenvalue weighted by atomic mass is 10.1. The Morgan fingerprint density at radius 1 is 1.21 bits per heavy atom. The first kappa shape index (κ1) is 19.3. The fraction of sp³-hybridized carbons (Fsp3) is 0.273. The monoisotopic (exact) mass is 405 g/mol. The Bertz CT molecular complexity index is 1150. The number of hydrogen-bond acceptors (Lipinski definition) is 5. The van der Waals surface area contributed by atoms with E-state index < -0.39 is 0 Å². The number of hydrogen-bond donors (Lipinski definition) is 0. The molecule has 0 atom stereocenters. The number of aryl methyl sites for hydroxylation is 3. The van der Waals surface area contributed by atoms with Gasteiger partial charge in [-0.2, -0.15) is 5.10 Å². The van der Waals surface area contributed by atoms with Gasteiger partial charge in [-0.1, -0.05) is 36.5 Å². The molecule has 0 aliphatic heterocycles. The van der Waals surface area contributed by atoms with Crippen LogP contribution in [-0.4, -0.2) is 25.7 Å². The Labute approximate surface area is 173 Å². The number of aromatic nitrogens is 4. The molecule has 0 N–H and O–H groups in total. The molecule has 148 valence electrons. The Morgan fingerprint density at radius 3 is 2.79 bits per heavy atom. The summed E-state index contributed by atoms with van der Waals surface area (Å²) in [6.45, 7) is 7.05. The highest BCUT2D eigenvalue weighted by molar-refractivity contribution is 7.22. The molecule has 4 rings (SSSR count). The maximum absolute atomic E-state index is 13.6. The fourth-order valence-electron chi connectivity index (χ4n) is 3.39. The van der Waals surface area contributed by atoms with Crippen molar-refractivity contribution in [2.45, 2.75) is 40.3 Å². The molecule has 3 aromatic heterocycles. The van der Waals surface area contributed by atoms with Gasteiger partial charge in [0.1, 0.15) is 5.69 Å². The van der Waals surface area contributed by atoms with Crippen LogP contribution in [0.5, 0.6) is 0 Å². The molecule has 29 heavy (non-hydrogen) atoms. The highest BCUT2D eigenvalue weighted by Crippen LogP contribution is 2.32. The van der Waals surface area contributed by atoms with E-state index in [0.29, 0.717) is 23.9 Å². The second kappa shape index (κ2) is 8.13. The van der Waals surface area contributed by atoms with Crippen molar-refractivity contribution in [3.63, 3.8) is 0 Å². The first-order valence-corrected chi connectivity index (χ1v) is 10.6. The Morgan fingerprint density at radius 2 is 2.07 bits per heavy atom. The molecule has 0 saturated carbocycles. The summed E-state index contributed by atoms with van der Waals surface area (Å²) in [5.74, 6) is -0.103. The fourth-order valence-corrected chi connectivity index (χ4v) is 4.40. The second-order valence-corrected chi connectivity index (χ2v) is 7.86. The van der Waals surface area contributed by atoms with Gasteiger partial charge in [0.05, 0.1) is 22.5 Å². The van der Waals surface area contributed by atoms with Crippen molar-refractivity contribution in [2.75, 3.05) is 4.90 Å². The molecule has 6 nitrogen and oxygen atoms in total. The summed E-state index contributed by atoms with van der Waals surface area (Å²) < 4.78 is 2.84. The Balaban J connectivity index is 1.81. The maximum Gasteiger partial charge on any atom is 0.278 e. The predicted octanol–water partition coefficient (Wildman–Crippen LogP) is 4.63. The van der Waals surface area contributed by atoms with E-state index in [2.05, 4.69) is 29.1 Å². The number of carbonyl (C=O) groups excluding carboxylic acids is 1. The number of benzene rings is 1. The third-order valence-corrected chi connectivity index (χ3v) is 5.88. The molecule has 7 heteroatoms. The molecule has 0 aliphatic carbocycles. The summed E-state index contributed by atoms with van der Waals surface area (Å²) in [7, 11) is 0. The smallest absolute Gasteiger partial charge is 0.278 e.